The third kappa shape index (κ3) is 2.77. The van der Waals surface area contributed by atoms with Crippen LogP contribution in [0.5, 0.6) is 0 Å². The van der Waals surface area contributed by atoms with Crippen molar-refractivity contribution in [1.29, 1.82) is 0 Å². The summed E-state index contributed by atoms with van der Waals surface area (Å²) in [5, 5.41) is 6.78. The van der Waals surface area contributed by atoms with Crippen LogP contribution < -0.4 is 5.32 Å². The van der Waals surface area contributed by atoms with Gasteiger partial charge in [-0.05, 0) is 12.8 Å². The Balaban J connectivity index is 1.80. The van der Waals surface area contributed by atoms with Gasteiger partial charge in [-0.1, -0.05) is 6.92 Å². The monoisotopic (exact) mass is 226 g/mol. The van der Waals surface area contributed by atoms with E-state index >= 15 is 0 Å². The smallest absolute Gasteiger partial charge is 0.0988 e. The Kier molecular flexibility index (Phi) is 3.38. The fourth-order valence-corrected chi connectivity index (χ4v) is 2.50. The van der Waals surface area contributed by atoms with Crippen molar-refractivity contribution in [3.8, 4) is 0 Å². The zero-order valence-electron chi connectivity index (χ0n) is 9.38. The summed E-state index contributed by atoms with van der Waals surface area (Å²) in [5.41, 5.74) is 1.58. The zero-order chi connectivity index (χ0) is 10.7. The average Bonchev–Trinajstić information content (AvgIpc) is 2.82. The first-order valence-corrected chi connectivity index (χ1v) is 6.27. The van der Waals surface area contributed by atoms with Crippen molar-refractivity contribution in [3.63, 3.8) is 0 Å². The largest absolute Gasteiger partial charge is 0.383 e. The van der Waals surface area contributed by atoms with Crippen LogP contribution >= 0.6 is 11.3 Å². The van der Waals surface area contributed by atoms with Crippen molar-refractivity contribution in [3.05, 3.63) is 16.1 Å². The van der Waals surface area contributed by atoms with Gasteiger partial charge < -0.3 is 10.1 Å². The maximum Gasteiger partial charge on any atom is 0.0988 e. The molecule has 0 aliphatic heterocycles. The highest BCUT2D eigenvalue weighted by Crippen LogP contribution is 2.48. The molecule has 1 N–H and O–H groups in total. The maximum absolute atomic E-state index is 4.97. The third-order valence-electron chi connectivity index (χ3n) is 2.86. The third-order valence-corrected chi connectivity index (χ3v) is 4.05. The van der Waals surface area contributed by atoms with Crippen LogP contribution in [-0.2, 0) is 16.7 Å². The fourth-order valence-electron chi connectivity index (χ4n) is 1.46. The molecule has 3 nitrogen and oxygen atoms in total. The second-order valence-electron chi connectivity index (χ2n) is 4.37. The highest BCUT2D eigenvalue weighted by Gasteiger charge is 2.41. The van der Waals surface area contributed by atoms with E-state index in [9.17, 15) is 0 Å². The number of nitrogens with zero attached hydrogens (tertiary/aromatic N) is 1. The van der Waals surface area contributed by atoms with Gasteiger partial charge in [0.05, 0.1) is 17.3 Å². The van der Waals surface area contributed by atoms with Crippen LogP contribution in [0.1, 0.15) is 30.5 Å². The van der Waals surface area contributed by atoms with Gasteiger partial charge >= 0.3 is 0 Å². The number of aromatic nitrogens is 1. The van der Waals surface area contributed by atoms with E-state index in [1.165, 1.54) is 23.5 Å². The standard InChI is InChI=1S/C11H18N2OS/c1-11(3-4-11)10-13-9(8-15-10)7-12-5-6-14-2/h8,12H,3-7H2,1-2H3. The Morgan fingerprint density at radius 1 is 1.60 bits per heavy atom. The van der Waals surface area contributed by atoms with E-state index in [1.54, 1.807) is 18.4 Å². The number of hydrogen-bond acceptors (Lipinski definition) is 4. The van der Waals surface area contributed by atoms with Crippen LogP contribution in [0, 0.1) is 0 Å². The number of nitrogens with one attached hydrogen (secondary N) is 1. The fraction of sp³-hybridized carbons (Fsp3) is 0.727. The Hall–Kier alpha value is -0.450. The Morgan fingerprint density at radius 2 is 2.40 bits per heavy atom. The summed E-state index contributed by atoms with van der Waals surface area (Å²) in [6.07, 6.45) is 2.61. The summed E-state index contributed by atoms with van der Waals surface area (Å²) in [6.45, 7) is 4.80. The highest BCUT2D eigenvalue weighted by atomic mass is 32.1. The van der Waals surface area contributed by atoms with E-state index in [0.29, 0.717) is 5.41 Å². The number of thiazole rings is 1. The molecule has 0 radical (unpaired) electrons. The predicted molar refractivity (Wildman–Crippen MR) is 62.3 cm³/mol. The molecule has 0 spiro atoms. The van der Waals surface area contributed by atoms with Gasteiger partial charge in [0, 0.05) is 31.0 Å². The Bertz CT molecular complexity index is 320. The molecule has 0 amide bonds. The van der Waals surface area contributed by atoms with Crippen molar-refractivity contribution in [2.45, 2.75) is 31.7 Å². The summed E-state index contributed by atoms with van der Waals surface area (Å²) >= 11 is 1.80. The molecule has 0 unspecified atom stereocenters. The number of hydrogen-bond donors (Lipinski definition) is 1. The summed E-state index contributed by atoms with van der Waals surface area (Å²) in [6, 6.07) is 0. The van der Waals surface area contributed by atoms with Crippen molar-refractivity contribution < 1.29 is 4.74 Å². The van der Waals surface area contributed by atoms with E-state index in [2.05, 4.69) is 22.6 Å². The molecule has 1 aliphatic carbocycles. The number of ether oxygens (including phenoxy) is 1. The molecular weight excluding hydrogens is 208 g/mol. The Morgan fingerprint density at radius 3 is 3.07 bits per heavy atom. The van der Waals surface area contributed by atoms with E-state index in [4.69, 9.17) is 4.74 Å². The molecule has 1 heterocycles. The van der Waals surface area contributed by atoms with Gasteiger partial charge in [0.1, 0.15) is 0 Å². The van der Waals surface area contributed by atoms with Crippen molar-refractivity contribution in [2.75, 3.05) is 20.3 Å². The quantitative estimate of drug-likeness (QED) is 0.753. The van der Waals surface area contributed by atoms with Crippen LogP contribution in [0.25, 0.3) is 0 Å². The van der Waals surface area contributed by atoms with E-state index in [1.807, 2.05) is 0 Å². The highest BCUT2D eigenvalue weighted by molar-refractivity contribution is 7.09. The molecule has 1 aromatic rings. The summed E-state index contributed by atoms with van der Waals surface area (Å²) < 4.78 is 4.97. The molecule has 1 aromatic heterocycles. The lowest BCUT2D eigenvalue weighted by molar-refractivity contribution is 0.199. The molecule has 1 aliphatic rings. The molecule has 4 heteroatoms. The maximum atomic E-state index is 4.97. The second-order valence-corrected chi connectivity index (χ2v) is 5.23. The zero-order valence-corrected chi connectivity index (χ0v) is 10.2. The molecule has 15 heavy (non-hydrogen) atoms. The molecule has 0 aromatic carbocycles. The van der Waals surface area contributed by atoms with Gasteiger partial charge in [-0.3, -0.25) is 0 Å². The molecule has 0 saturated heterocycles. The van der Waals surface area contributed by atoms with Gasteiger partial charge in [0.15, 0.2) is 0 Å². The van der Waals surface area contributed by atoms with Crippen molar-refractivity contribution >= 4 is 11.3 Å². The van der Waals surface area contributed by atoms with Crippen LogP contribution in [-0.4, -0.2) is 25.2 Å². The summed E-state index contributed by atoms with van der Waals surface area (Å²) in [7, 11) is 1.72. The molecule has 0 atom stereocenters. The second kappa shape index (κ2) is 4.60. The molecule has 1 saturated carbocycles. The minimum atomic E-state index is 0.412. The molecular formula is C11H18N2OS. The predicted octanol–water partition coefficient (Wildman–Crippen LogP) is 1.93. The van der Waals surface area contributed by atoms with E-state index in [-0.39, 0.29) is 0 Å². The van der Waals surface area contributed by atoms with E-state index < -0.39 is 0 Å². The molecule has 2 rings (SSSR count). The first-order valence-electron chi connectivity index (χ1n) is 5.39. The van der Waals surface area contributed by atoms with Gasteiger partial charge in [0.25, 0.3) is 0 Å². The molecule has 0 bridgehead atoms. The van der Waals surface area contributed by atoms with Crippen LogP contribution in [0.2, 0.25) is 0 Å². The SMILES string of the molecule is COCCNCc1csc(C2(C)CC2)n1. The van der Waals surface area contributed by atoms with Crippen molar-refractivity contribution in [1.82, 2.24) is 10.3 Å². The number of rotatable bonds is 6. The van der Waals surface area contributed by atoms with Crippen LogP contribution in [0.15, 0.2) is 5.38 Å². The lowest BCUT2D eigenvalue weighted by atomic mass is 10.2. The van der Waals surface area contributed by atoms with Crippen molar-refractivity contribution in [2.24, 2.45) is 0 Å². The molecule has 84 valence electrons. The lowest BCUT2D eigenvalue weighted by Gasteiger charge is -2.02. The molecule has 1 fully saturated rings. The average molecular weight is 226 g/mol. The van der Waals surface area contributed by atoms with Crippen LogP contribution in [0.4, 0.5) is 0 Å². The van der Waals surface area contributed by atoms with Gasteiger partial charge in [-0.2, -0.15) is 0 Å². The van der Waals surface area contributed by atoms with Crippen LogP contribution in [0.3, 0.4) is 0 Å². The van der Waals surface area contributed by atoms with Gasteiger partial charge in [-0.15, -0.1) is 11.3 Å². The summed E-state index contributed by atoms with van der Waals surface area (Å²) in [5.74, 6) is 0. The number of methoxy groups -OCH3 is 1. The lowest BCUT2D eigenvalue weighted by Crippen LogP contribution is -2.18. The normalized spacial score (nSPS) is 18.0. The topological polar surface area (TPSA) is 34.1 Å². The first-order chi connectivity index (χ1) is 7.24. The summed E-state index contributed by atoms with van der Waals surface area (Å²) in [4.78, 5) is 4.66. The minimum Gasteiger partial charge on any atom is -0.383 e. The Labute approximate surface area is 94.9 Å². The minimum absolute atomic E-state index is 0.412. The van der Waals surface area contributed by atoms with E-state index in [0.717, 1.165) is 19.7 Å². The van der Waals surface area contributed by atoms with Gasteiger partial charge in [0.2, 0.25) is 0 Å². The van der Waals surface area contributed by atoms with Gasteiger partial charge in [-0.25, -0.2) is 4.98 Å². The first kappa shape index (κ1) is 11.0.